The minimum atomic E-state index is -3.55. The summed E-state index contributed by atoms with van der Waals surface area (Å²) in [6.45, 7) is 3.10. The predicted molar refractivity (Wildman–Crippen MR) is 123 cm³/mol. The first kappa shape index (κ1) is 25.5. The zero-order valence-electron chi connectivity index (χ0n) is 20.0. The second-order valence-electron chi connectivity index (χ2n) is 9.60. The number of pyridine rings is 1. The summed E-state index contributed by atoms with van der Waals surface area (Å²) in [5.41, 5.74) is -4.33. The molecule has 3 aromatic rings. The number of alkyl halides is 4. The highest BCUT2D eigenvalue weighted by Crippen LogP contribution is 2.48. The largest absolute Gasteiger partial charge is 0.372 e. The van der Waals surface area contributed by atoms with E-state index in [0.29, 0.717) is 11.0 Å². The van der Waals surface area contributed by atoms with E-state index in [4.69, 9.17) is 4.74 Å². The smallest absolute Gasteiger partial charge is 0.301 e. The molecule has 1 aromatic carbocycles. The van der Waals surface area contributed by atoms with Crippen molar-refractivity contribution in [1.82, 2.24) is 14.5 Å². The molecule has 3 heterocycles. The van der Waals surface area contributed by atoms with E-state index >= 15 is 17.6 Å². The fourth-order valence-electron chi connectivity index (χ4n) is 4.86. The summed E-state index contributed by atoms with van der Waals surface area (Å²) in [6, 6.07) is 2.68. The fraction of sp³-hybridized carbons (Fsp3) is 0.480. The van der Waals surface area contributed by atoms with Crippen LogP contribution in [0.5, 0.6) is 0 Å². The highest BCUT2D eigenvalue weighted by atomic mass is 19.3. The van der Waals surface area contributed by atoms with Crippen LogP contribution in [0.3, 0.4) is 0 Å². The lowest BCUT2D eigenvalue weighted by molar-refractivity contribution is -0.124. The van der Waals surface area contributed by atoms with Crippen LogP contribution in [0.4, 0.5) is 32.2 Å². The lowest BCUT2D eigenvalue weighted by Crippen LogP contribution is -2.37. The Morgan fingerprint density at radius 3 is 2.54 bits per heavy atom. The van der Waals surface area contributed by atoms with Gasteiger partial charge in [-0.1, -0.05) is 12.1 Å². The van der Waals surface area contributed by atoms with Gasteiger partial charge in [0.1, 0.15) is 34.6 Å². The van der Waals surface area contributed by atoms with Gasteiger partial charge in [0.05, 0.1) is 17.0 Å². The number of benzene rings is 1. The van der Waals surface area contributed by atoms with Crippen LogP contribution in [0, 0.1) is 18.6 Å². The molecule has 0 radical (unpaired) electrons. The molecular weight excluding hydrogens is 502 g/mol. The maximum Gasteiger partial charge on any atom is 0.301 e. The molecule has 198 valence electrons. The predicted octanol–water partition coefficient (Wildman–Crippen LogP) is 5.58. The number of anilines is 1. The third kappa shape index (κ3) is 4.14. The summed E-state index contributed by atoms with van der Waals surface area (Å²) in [6.07, 6.45) is -2.70. The number of aromatic nitrogens is 3. The second-order valence-corrected chi connectivity index (χ2v) is 9.60. The number of halogens is 6. The van der Waals surface area contributed by atoms with E-state index in [1.807, 2.05) is 0 Å². The van der Waals surface area contributed by atoms with Crippen LogP contribution >= 0.6 is 0 Å². The number of rotatable bonds is 7. The van der Waals surface area contributed by atoms with Gasteiger partial charge in [-0.15, -0.1) is 0 Å². The average Bonchev–Trinajstić information content (AvgIpc) is 3.46. The van der Waals surface area contributed by atoms with Gasteiger partial charge < -0.3 is 14.6 Å². The summed E-state index contributed by atoms with van der Waals surface area (Å²) < 4.78 is 93.7. The Kier molecular flexibility index (Phi) is 6.20. The third-order valence-corrected chi connectivity index (χ3v) is 7.12. The van der Waals surface area contributed by atoms with Crippen LogP contribution < -0.4 is 10.9 Å². The van der Waals surface area contributed by atoms with Gasteiger partial charge >= 0.3 is 5.92 Å². The van der Waals surface area contributed by atoms with Crippen molar-refractivity contribution < 1.29 is 31.1 Å². The summed E-state index contributed by atoms with van der Waals surface area (Å²) in [4.78, 5) is 20.7. The van der Waals surface area contributed by atoms with E-state index in [9.17, 15) is 13.6 Å². The van der Waals surface area contributed by atoms with Crippen LogP contribution in [0.25, 0.3) is 10.9 Å². The Labute approximate surface area is 207 Å². The first-order valence-corrected chi connectivity index (χ1v) is 11.9. The Balaban J connectivity index is 1.56. The molecule has 2 aliphatic rings. The molecule has 6 nitrogen and oxygen atoms in total. The van der Waals surface area contributed by atoms with Crippen molar-refractivity contribution >= 4 is 16.7 Å². The van der Waals surface area contributed by atoms with Crippen molar-refractivity contribution in [3.63, 3.8) is 0 Å². The maximum atomic E-state index is 15.4. The monoisotopic (exact) mass is 526 g/mol. The van der Waals surface area contributed by atoms with Crippen LogP contribution in [-0.2, 0) is 16.2 Å². The van der Waals surface area contributed by atoms with E-state index in [1.54, 1.807) is 0 Å². The molecular formula is C25H24F6N4O2. The summed E-state index contributed by atoms with van der Waals surface area (Å²) in [5.74, 6) is -5.98. The Morgan fingerprint density at radius 1 is 1.19 bits per heavy atom. The molecule has 0 spiro atoms. The van der Waals surface area contributed by atoms with Crippen molar-refractivity contribution in [3.8, 4) is 0 Å². The lowest BCUT2D eigenvalue weighted by Gasteiger charge is -2.25. The zero-order valence-corrected chi connectivity index (χ0v) is 20.0. The molecule has 2 fully saturated rings. The van der Waals surface area contributed by atoms with Gasteiger partial charge in [-0.25, -0.2) is 23.1 Å². The first-order chi connectivity index (χ1) is 17.5. The first-order valence-electron chi connectivity index (χ1n) is 11.9. The van der Waals surface area contributed by atoms with Crippen LogP contribution in [0.2, 0.25) is 0 Å². The molecule has 37 heavy (non-hydrogen) atoms. The Bertz CT molecular complexity index is 1420. The molecule has 2 aromatic heterocycles. The molecule has 1 unspecified atom stereocenters. The highest BCUT2D eigenvalue weighted by Gasteiger charge is 2.54. The summed E-state index contributed by atoms with van der Waals surface area (Å²) in [7, 11) is 0. The zero-order chi connectivity index (χ0) is 26.7. The Hall–Kier alpha value is -3.15. The molecule has 0 amide bonds. The van der Waals surface area contributed by atoms with E-state index in [-0.39, 0.29) is 54.0 Å². The molecule has 1 N–H and O–H groups in total. The average molecular weight is 526 g/mol. The molecule has 5 rings (SSSR count). The molecule has 1 aliphatic heterocycles. The van der Waals surface area contributed by atoms with Crippen molar-refractivity contribution in [2.75, 3.05) is 11.9 Å². The number of nitrogens with one attached hydrogen (secondary N) is 1. The number of nitrogens with zero attached hydrogens (tertiary/aromatic N) is 3. The van der Waals surface area contributed by atoms with Gasteiger partial charge in [0, 0.05) is 18.4 Å². The van der Waals surface area contributed by atoms with Crippen LogP contribution in [-0.4, -0.2) is 33.7 Å². The van der Waals surface area contributed by atoms with Crippen LogP contribution in [0.1, 0.15) is 55.6 Å². The number of aryl methyl sites for hydroxylation is 1. The van der Waals surface area contributed by atoms with Crippen molar-refractivity contribution in [2.45, 2.75) is 69.6 Å². The molecule has 1 aliphatic carbocycles. The number of ether oxygens (including phenoxy) is 1. The van der Waals surface area contributed by atoms with Crippen molar-refractivity contribution in [2.24, 2.45) is 0 Å². The van der Waals surface area contributed by atoms with Crippen LogP contribution in [0.15, 0.2) is 29.2 Å². The topological polar surface area (TPSA) is 69.0 Å². The molecule has 2 atom stereocenters. The van der Waals surface area contributed by atoms with Crippen molar-refractivity contribution in [1.29, 1.82) is 0 Å². The minimum absolute atomic E-state index is 0.00166. The lowest BCUT2D eigenvalue weighted by atomic mass is 9.96. The van der Waals surface area contributed by atoms with Gasteiger partial charge in [-0.05, 0) is 45.6 Å². The van der Waals surface area contributed by atoms with E-state index in [0.717, 1.165) is 12.3 Å². The third-order valence-electron chi connectivity index (χ3n) is 7.12. The van der Waals surface area contributed by atoms with Gasteiger partial charge in [-0.3, -0.25) is 4.79 Å². The standard InChI is InChI=1S/C25H24F6N4O2/c1-12(14-5-3-6-16(18(14)26)25(30,31)17-7-4-10-37-17)32-21-15-11-35(24(8-9-24)23(28)29)22(36)19(27)20(15)33-13(2)34-21/h3,5-6,11-12,17,23H,4,7-10H2,1-2H3,(H,32,33,34)/t12?,17-/m0/s1. The fourth-order valence-corrected chi connectivity index (χ4v) is 4.86. The van der Waals surface area contributed by atoms with Gasteiger partial charge in [0.15, 0.2) is 0 Å². The normalized spacial score (nSPS) is 20.0. The SMILES string of the molecule is Cc1nc(NC(C)c2cccc(C(F)(F)[C@@H]3CCCO3)c2F)c2cn(C3(C(F)F)CC3)c(=O)c(F)c2n1. The van der Waals surface area contributed by atoms with Crippen molar-refractivity contribution in [3.05, 3.63) is 63.3 Å². The van der Waals surface area contributed by atoms with E-state index in [1.165, 1.54) is 26.0 Å². The molecule has 1 saturated heterocycles. The van der Waals surface area contributed by atoms with E-state index < -0.39 is 52.8 Å². The highest BCUT2D eigenvalue weighted by molar-refractivity contribution is 5.89. The molecule has 0 bridgehead atoms. The summed E-state index contributed by atoms with van der Waals surface area (Å²) in [5, 5.41) is 2.80. The van der Waals surface area contributed by atoms with Gasteiger partial charge in [0.2, 0.25) is 5.82 Å². The maximum absolute atomic E-state index is 15.4. The minimum Gasteiger partial charge on any atom is -0.372 e. The number of hydrogen-bond donors (Lipinski definition) is 1. The molecule has 12 heteroatoms. The quantitative estimate of drug-likeness (QED) is 0.408. The van der Waals surface area contributed by atoms with Gasteiger partial charge in [-0.2, -0.15) is 13.2 Å². The Morgan fingerprint density at radius 2 is 1.92 bits per heavy atom. The molecule has 1 saturated carbocycles. The van der Waals surface area contributed by atoms with E-state index in [2.05, 4.69) is 15.3 Å². The number of fused-ring (bicyclic) bond motifs is 1. The summed E-state index contributed by atoms with van der Waals surface area (Å²) >= 11 is 0. The second kappa shape index (κ2) is 9.00. The van der Waals surface area contributed by atoms with Gasteiger partial charge in [0.25, 0.3) is 12.0 Å². The number of hydrogen-bond acceptors (Lipinski definition) is 5.